The fourth-order valence-electron chi connectivity index (χ4n) is 3.22. The Labute approximate surface area is 157 Å². The molecule has 2 rings (SSSR count). The van der Waals surface area contributed by atoms with Crippen LogP contribution in [0.3, 0.4) is 0 Å². The highest BCUT2D eigenvalue weighted by Crippen LogP contribution is 2.23. The third kappa shape index (κ3) is 5.96. The van der Waals surface area contributed by atoms with Gasteiger partial charge in [-0.25, -0.2) is 4.39 Å². The Hall–Kier alpha value is -1.14. The summed E-state index contributed by atoms with van der Waals surface area (Å²) in [6.45, 7) is 2.51. The zero-order chi connectivity index (χ0) is 18.2. The van der Waals surface area contributed by atoms with Crippen LogP contribution in [0.5, 0.6) is 0 Å². The van der Waals surface area contributed by atoms with Crippen molar-refractivity contribution in [2.24, 2.45) is 4.99 Å². The van der Waals surface area contributed by atoms with Crippen LogP contribution in [-0.2, 0) is 17.2 Å². The van der Waals surface area contributed by atoms with Crippen molar-refractivity contribution in [1.82, 2.24) is 10.6 Å². The standard InChI is InChI=1S/C18H27ClFN3OS/c1-3-25(24)14-7-4-6-13(12-14)23-18(21-2)22-11-10-15-16(19)8-5-9-17(15)20/h5,8-9,13-14H,3-4,6-7,10-12H2,1-2H3,(H2,21,22,23). The van der Waals surface area contributed by atoms with E-state index >= 15 is 0 Å². The van der Waals surface area contributed by atoms with Gasteiger partial charge in [0.1, 0.15) is 5.82 Å². The average molecular weight is 388 g/mol. The molecule has 3 atom stereocenters. The maximum atomic E-state index is 13.8. The third-order valence-corrected chi connectivity index (χ3v) is 6.67. The Balaban J connectivity index is 1.83. The highest BCUT2D eigenvalue weighted by molar-refractivity contribution is 7.85. The Morgan fingerprint density at radius 2 is 2.24 bits per heavy atom. The van der Waals surface area contributed by atoms with E-state index in [0.717, 1.165) is 25.7 Å². The Morgan fingerprint density at radius 3 is 2.92 bits per heavy atom. The molecule has 0 spiro atoms. The number of aliphatic imine (C=N–C) groups is 1. The molecule has 4 nitrogen and oxygen atoms in total. The predicted octanol–water partition coefficient (Wildman–Crippen LogP) is 3.27. The molecule has 0 aliphatic heterocycles. The lowest BCUT2D eigenvalue weighted by Crippen LogP contribution is -2.47. The number of halogens is 2. The first kappa shape index (κ1) is 20.2. The monoisotopic (exact) mass is 387 g/mol. The van der Waals surface area contributed by atoms with E-state index in [1.54, 1.807) is 19.2 Å². The summed E-state index contributed by atoms with van der Waals surface area (Å²) in [5.74, 6) is 1.13. The molecule has 0 amide bonds. The first-order valence-corrected chi connectivity index (χ1v) is 10.6. The van der Waals surface area contributed by atoms with Crippen LogP contribution in [0.1, 0.15) is 38.2 Å². The second kappa shape index (κ2) is 10.1. The molecule has 140 valence electrons. The van der Waals surface area contributed by atoms with Crippen molar-refractivity contribution in [1.29, 1.82) is 0 Å². The van der Waals surface area contributed by atoms with Gasteiger partial charge in [0.15, 0.2) is 5.96 Å². The van der Waals surface area contributed by atoms with E-state index in [1.807, 2.05) is 6.92 Å². The Morgan fingerprint density at radius 1 is 1.44 bits per heavy atom. The minimum absolute atomic E-state index is 0.270. The molecule has 2 N–H and O–H groups in total. The summed E-state index contributed by atoms with van der Waals surface area (Å²) in [6.07, 6.45) is 4.56. The summed E-state index contributed by atoms with van der Waals surface area (Å²) < 4.78 is 25.8. The maximum Gasteiger partial charge on any atom is 0.191 e. The van der Waals surface area contributed by atoms with Crippen LogP contribution in [0, 0.1) is 5.82 Å². The van der Waals surface area contributed by atoms with Crippen molar-refractivity contribution < 1.29 is 8.60 Å². The van der Waals surface area contributed by atoms with Crippen LogP contribution in [-0.4, -0.2) is 40.8 Å². The number of benzene rings is 1. The molecule has 1 aliphatic carbocycles. The van der Waals surface area contributed by atoms with Crippen molar-refractivity contribution in [3.8, 4) is 0 Å². The van der Waals surface area contributed by atoms with E-state index in [0.29, 0.717) is 35.3 Å². The zero-order valence-electron chi connectivity index (χ0n) is 14.9. The van der Waals surface area contributed by atoms with Crippen molar-refractivity contribution in [3.63, 3.8) is 0 Å². The smallest absolute Gasteiger partial charge is 0.191 e. The van der Waals surface area contributed by atoms with E-state index in [9.17, 15) is 8.60 Å². The van der Waals surface area contributed by atoms with E-state index < -0.39 is 10.8 Å². The molecule has 1 fully saturated rings. The molecule has 0 radical (unpaired) electrons. The number of rotatable bonds is 6. The quantitative estimate of drug-likeness (QED) is 0.581. The van der Waals surface area contributed by atoms with Crippen LogP contribution in [0.15, 0.2) is 23.2 Å². The minimum atomic E-state index is -0.743. The van der Waals surface area contributed by atoms with Gasteiger partial charge in [-0.05, 0) is 37.8 Å². The maximum absolute atomic E-state index is 13.8. The highest BCUT2D eigenvalue weighted by Gasteiger charge is 2.26. The minimum Gasteiger partial charge on any atom is -0.356 e. The summed E-state index contributed by atoms with van der Waals surface area (Å²) in [6, 6.07) is 5.00. The lowest BCUT2D eigenvalue weighted by atomic mass is 9.95. The largest absolute Gasteiger partial charge is 0.356 e. The van der Waals surface area contributed by atoms with Gasteiger partial charge in [0, 0.05) is 52.0 Å². The predicted molar refractivity (Wildman–Crippen MR) is 104 cm³/mol. The van der Waals surface area contributed by atoms with Crippen LogP contribution in [0.25, 0.3) is 0 Å². The number of guanidine groups is 1. The lowest BCUT2D eigenvalue weighted by molar-refractivity contribution is 0.413. The van der Waals surface area contributed by atoms with Crippen molar-refractivity contribution in [3.05, 3.63) is 34.6 Å². The van der Waals surface area contributed by atoms with E-state index in [-0.39, 0.29) is 17.1 Å². The van der Waals surface area contributed by atoms with Crippen molar-refractivity contribution >= 4 is 28.4 Å². The number of nitrogens with one attached hydrogen (secondary N) is 2. The Bertz CT molecular complexity index is 606. The molecule has 0 saturated heterocycles. The number of nitrogens with zero attached hydrogens (tertiary/aromatic N) is 1. The number of hydrogen-bond acceptors (Lipinski definition) is 2. The number of hydrogen-bond donors (Lipinski definition) is 2. The van der Waals surface area contributed by atoms with Gasteiger partial charge in [-0.15, -0.1) is 0 Å². The molecule has 3 unspecified atom stereocenters. The molecule has 1 aliphatic rings. The second-order valence-corrected chi connectivity index (χ2v) is 8.66. The average Bonchev–Trinajstić information content (AvgIpc) is 2.62. The summed E-state index contributed by atoms with van der Waals surface area (Å²) >= 11 is 6.05. The van der Waals surface area contributed by atoms with E-state index in [1.165, 1.54) is 6.07 Å². The SMILES string of the molecule is CCS(=O)C1CCCC(NC(=NC)NCCc2c(F)cccc2Cl)C1. The van der Waals surface area contributed by atoms with Crippen molar-refractivity contribution in [2.45, 2.75) is 50.3 Å². The molecule has 1 saturated carbocycles. The highest BCUT2D eigenvalue weighted by atomic mass is 35.5. The van der Waals surface area contributed by atoms with Gasteiger partial charge < -0.3 is 10.6 Å². The van der Waals surface area contributed by atoms with Gasteiger partial charge in [0.25, 0.3) is 0 Å². The molecule has 0 aromatic heterocycles. The van der Waals surface area contributed by atoms with Crippen LogP contribution in [0.4, 0.5) is 4.39 Å². The first-order valence-electron chi connectivity index (χ1n) is 8.82. The molecule has 7 heteroatoms. The van der Waals surface area contributed by atoms with Gasteiger partial charge in [-0.2, -0.15) is 0 Å². The van der Waals surface area contributed by atoms with Gasteiger partial charge >= 0.3 is 0 Å². The summed E-state index contributed by atoms with van der Waals surface area (Å²) in [4.78, 5) is 4.24. The topological polar surface area (TPSA) is 53.5 Å². The molecular formula is C18H27ClFN3OS. The van der Waals surface area contributed by atoms with Gasteiger partial charge in [0.05, 0.1) is 0 Å². The molecule has 25 heavy (non-hydrogen) atoms. The fraction of sp³-hybridized carbons (Fsp3) is 0.611. The summed E-state index contributed by atoms with van der Waals surface area (Å²) in [5.41, 5.74) is 0.517. The van der Waals surface area contributed by atoms with Crippen molar-refractivity contribution in [2.75, 3.05) is 19.3 Å². The van der Waals surface area contributed by atoms with E-state index in [2.05, 4.69) is 15.6 Å². The first-order chi connectivity index (χ1) is 12.0. The fourth-order valence-corrected chi connectivity index (χ4v) is 4.82. The third-order valence-electron chi connectivity index (χ3n) is 4.58. The second-order valence-electron chi connectivity index (χ2n) is 6.25. The molecule has 1 aromatic rings. The zero-order valence-corrected chi connectivity index (χ0v) is 16.4. The summed E-state index contributed by atoms with van der Waals surface area (Å²) in [5, 5.41) is 7.34. The summed E-state index contributed by atoms with van der Waals surface area (Å²) in [7, 11) is 0.975. The van der Waals surface area contributed by atoms with Crippen LogP contribution in [0.2, 0.25) is 5.02 Å². The molecule has 1 aromatic carbocycles. The van der Waals surface area contributed by atoms with E-state index in [4.69, 9.17) is 11.6 Å². The lowest BCUT2D eigenvalue weighted by Gasteiger charge is -2.30. The Kier molecular flexibility index (Phi) is 8.16. The molecule has 0 bridgehead atoms. The van der Waals surface area contributed by atoms with Gasteiger partial charge in [0.2, 0.25) is 0 Å². The van der Waals surface area contributed by atoms with Gasteiger partial charge in [-0.3, -0.25) is 9.20 Å². The molecular weight excluding hydrogens is 361 g/mol. The normalized spacial score (nSPS) is 22.5. The molecule has 0 heterocycles. The van der Waals surface area contributed by atoms with Crippen LogP contribution >= 0.6 is 11.6 Å². The van der Waals surface area contributed by atoms with Gasteiger partial charge in [-0.1, -0.05) is 31.0 Å². The van der Waals surface area contributed by atoms with Crippen LogP contribution < -0.4 is 10.6 Å².